The Morgan fingerprint density at radius 2 is 2.31 bits per heavy atom. The molecule has 0 spiro atoms. The third-order valence-electron chi connectivity index (χ3n) is 2.95. The highest BCUT2D eigenvalue weighted by atomic mass is 32.2. The van der Waals surface area contributed by atoms with Crippen molar-refractivity contribution in [3.05, 3.63) is 23.3 Å². The van der Waals surface area contributed by atoms with Crippen LogP contribution in [0.4, 0.5) is 0 Å². The molecule has 1 aliphatic heterocycles. The Kier molecular flexibility index (Phi) is 3.82. The SMILES string of the molecule is Cc1nc(C2CCCCS2)ncc1[C@@H](C)O. The molecule has 0 saturated carbocycles. The molecule has 1 N–H and O–H groups in total. The Morgan fingerprint density at radius 3 is 2.88 bits per heavy atom. The number of hydrogen-bond donors (Lipinski definition) is 1. The smallest absolute Gasteiger partial charge is 0.141 e. The maximum Gasteiger partial charge on any atom is 0.141 e. The zero-order valence-corrected chi connectivity index (χ0v) is 10.6. The van der Waals surface area contributed by atoms with Crippen LogP contribution in [0.3, 0.4) is 0 Å². The molecule has 0 aromatic carbocycles. The molecule has 2 rings (SSSR count). The van der Waals surface area contributed by atoms with Gasteiger partial charge in [0.15, 0.2) is 0 Å². The molecule has 3 nitrogen and oxygen atoms in total. The normalized spacial score (nSPS) is 23.1. The first kappa shape index (κ1) is 11.9. The van der Waals surface area contributed by atoms with Crippen molar-refractivity contribution >= 4 is 11.8 Å². The fourth-order valence-corrected chi connectivity index (χ4v) is 3.26. The summed E-state index contributed by atoms with van der Waals surface area (Å²) in [5.74, 6) is 2.15. The molecular formula is C12H18N2OS. The van der Waals surface area contributed by atoms with E-state index in [2.05, 4.69) is 9.97 Å². The molecule has 88 valence electrons. The number of aryl methyl sites for hydroxylation is 1. The number of aromatic nitrogens is 2. The van der Waals surface area contributed by atoms with E-state index in [1.807, 2.05) is 18.7 Å². The fourth-order valence-electron chi connectivity index (χ4n) is 2.00. The molecule has 1 aliphatic rings. The second-order valence-corrected chi connectivity index (χ2v) is 5.61. The van der Waals surface area contributed by atoms with Gasteiger partial charge in [-0.25, -0.2) is 9.97 Å². The topological polar surface area (TPSA) is 46.0 Å². The minimum absolute atomic E-state index is 0.454. The van der Waals surface area contributed by atoms with Gasteiger partial charge >= 0.3 is 0 Å². The Balaban J connectivity index is 2.19. The quantitative estimate of drug-likeness (QED) is 0.860. The van der Waals surface area contributed by atoms with E-state index in [4.69, 9.17) is 0 Å². The first-order valence-electron chi connectivity index (χ1n) is 5.81. The summed E-state index contributed by atoms with van der Waals surface area (Å²) in [4.78, 5) is 8.92. The van der Waals surface area contributed by atoms with Gasteiger partial charge in [0.2, 0.25) is 0 Å². The van der Waals surface area contributed by atoms with Crippen molar-refractivity contribution in [1.29, 1.82) is 0 Å². The van der Waals surface area contributed by atoms with Gasteiger partial charge in [0.25, 0.3) is 0 Å². The second-order valence-electron chi connectivity index (χ2n) is 4.30. The van der Waals surface area contributed by atoms with Gasteiger partial charge < -0.3 is 5.11 Å². The monoisotopic (exact) mass is 238 g/mol. The maximum absolute atomic E-state index is 9.52. The number of thioether (sulfide) groups is 1. The standard InChI is InChI=1S/C12H18N2OS/c1-8-10(9(2)15)7-13-12(14-8)11-5-3-4-6-16-11/h7,9,11,15H,3-6H2,1-2H3/t9-,11?/m1/s1. The number of nitrogens with zero attached hydrogens (tertiary/aromatic N) is 2. The fraction of sp³-hybridized carbons (Fsp3) is 0.667. The third-order valence-corrected chi connectivity index (χ3v) is 4.33. The second kappa shape index (κ2) is 5.15. The van der Waals surface area contributed by atoms with E-state index >= 15 is 0 Å². The molecule has 1 saturated heterocycles. The van der Waals surface area contributed by atoms with Gasteiger partial charge in [-0.1, -0.05) is 6.42 Å². The minimum Gasteiger partial charge on any atom is -0.389 e. The van der Waals surface area contributed by atoms with Crippen LogP contribution in [-0.4, -0.2) is 20.8 Å². The molecule has 0 bridgehead atoms. The molecule has 2 heterocycles. The van der Waals surface area contributed by atoms with Gasteiger partial charge in [-0.15, -0.1) is 0 Å². The maximum atomic E-state index is 9.52. The number of hydrogen-bond acceptors (Lipinski definition) is 4. The van der Waals surface area contributed by atoms with E-state index in [9.17, 15) is 5.11 Å². The summed E-state index contributed by atoms with van der Waals surface area (Å²) < 4.78 is 0. The van der Waals surface area contributed by atoms with Crippen LogP contribution in [0.25, 0.3) is 0 Å². The first-order valence-corrected chi connectivity index (χ1v) is 6.86. The van der Waals surface area contributed by atoms with E-state index in [1.165, 1.54) is 25.0 Å². The Hall–Kier alpha value is -0.610. The zero-order valence-electron chi connectivity index (χ0n) is 9.81. The van der Waals surface area contributed by atoms with Gasteiger partial charge in [0.05, 0.1) is 11.4 Å². The molecule has 0 radical (unpaired) electrons. The molecule has 1 fully saturated rings. The van der Waals surface area contributed by atoms with Crippen LogP contribution in [0.2, 0.25) is 0 Å². The van der Waals surface area contributed by atoms with Crippen LogP contribution in [0, 0.1) is 6.92 Å². The Bertz CT molecular complexity index is 362. The molecule has 1 unspecified atom stereocenters. The van der Waals surface area contributed by atoms with Crippen molar-refractivity contribution in [2.75, 3.05) is 5.75 Å². The average molecular weight is 238 g/mol. The molecule has 0 aliphatic carbocycles. The van der Waals surface area contributed by atoms with Crippen molar-refractivity contribution in [3.8, 4) is 0 Å². The number of rotatable bonds is 2. The minimum atomic E-state index is -0.479. The van der Waals surface area contributed by atoms with E-state index < -0.39 is 6.10 Å². The predicted octanol–water partition coefficient (Wildman–Crippen LogP) is 2.80. The van der Waals surface area contributed by atoms with E-state index in [0.717, 1.165) is 17.1 Å². The molecule has 0 amide bonds. The van der Waals surface area contributed by atoms with E-state index in [-0.39, 0.29) is 0 Å². The summed E-state index contributed by atoms with van der Waals surface area (Å²) in [5, 5.41) is 9.97. The van der Waals surface area contributed by atoms with Crippen LogP contribution >= 0.6 is 11.8 Å². The van der Waals surface area contributed by atoms with Crippen molar-refractivity contribution in [3.63, 3.8) is 0 Å². The number of aliphatic hydroxyl groups is 1. The molecule has 1 aromatic rings. The molecular weight excluding hydrogens is 220 g/mol. The van der Waals surface area contributed by atoms with Crippen molar-refractivity contribution in [1.82, 2.24) is 9.97 Å². The third kappa shape index (κ3) is 2.55. The van der Waals surface area contributed by atoms with Crippen LogP contribution in [0.5, 0.6) is 0 Å². The highest BCUT2D eigenvalue weighted by molar-refractivity contribution is 7.99. The summed E-state index contributed by atoms with van der Waals surface area (Å²) in [6.45, 7) is 3.70. The summed E-state index contributed by atoms with van der Waals surface area (Å²) in [6, 6.07) is 0. The van der Waals surface area contributed by atoms with Crippen LogP contribution in [0.15, 0.2) is 6.20 Å². The van der Waals surface area contributed by atoms with E-state index in [0.29, 0.717) is 5.25 Å². The zero-order chi connectivity index (χ0) is 11.5. The molecule has 16 heavy (non-hydrogen) atoms. The Labute approximate surface area is 101 Å². The molecule has 4 heteroatoms. The Morgan fingerprint density at radius 1 is 1.50 bits per heavy atom. The van der Waals surface area contributed by atoms with Gasteiger partial charge in [-0.05, 0) is 32.4 Å². The summed E-state index contributed by atoms with van der Waals surface area (Å²) in [7, 11) is 0. The molecule has 1 aromatic heterocycles. The highest BCUT2D eigenvalue weighted by Crippen LogP contribution is 2.36. The van der Waals surface area contributed by atoms with Gasteiger partial charge in [0.1, 0.15) is 5.82 Å². The lowest BCUT2D eigenvalue weighted by molar-refractivity contribution is 0.197. The first-order chi connectivity index (χ1) is 7.68. The summed E-state index contributed by atoms with van der Waals surface area (Å²) >= 11 is 1.95. The van der Waals surface area contributed by atoms with Crippen LogP contribution in [0.1, 0.15) is 54.6 Å². The molecule has 2 atom stereocenters. The van der Waals surface area contributed by atoms with Crippen molar-refractivity contribution in [2.45, 2.75) is 44.5 Å². The summed E-state index contributed by atoms with van der Waals surface area (Å²) in [5.41, 5.74) is 1.75. The van der Waals surface area contributed by atoms with Gasteiger partial charge in [-0.2, -0.15) is 11.8 Å². The highest BCUT2D eigenvalue weighted by Gasteiger charge is 2.19. The van der Waals surface area contributed by atoms with Gasteiger partial charge in [-0.3, -0.25) is 0 Å². The van der Waals surface area contributed by atoms with Crippen molar-refractivity contribution in [2.24, 2.45) is 0 Å². The lowest BCUT2D eigenvalue weighted by Crippen LogP contribution is -2.09. The van der Waals surface area contributed by atoms with Crippen LogP contribution in [-0.2, 0) is 0 Å². The predicted molar refractivity (Wildman–Crippen MR) is 66.5 cm³/mol. The lowest BCUT2D eigenvalue weighted by Gasteiger charge is -2.20. The van der Waals surface area contributed by atoms with Crippen LogP contribution < -0.4 is 0 Å². The van der Waals surface area contributed by atoms with E-state index in [1.54, 1.807) is 13.1 Å². The number of aliphatic hydroxyl groups excluding tert-OH is 1. The van der Waals surface area contributed by atoms with Gasteiger partial charge in [0, 0.05) is 17.5 Å². The lowest BCUT2D eigenvalue weighted by atomic mass is 10.1. The summed E-state index contributed by atoms with van der Waals surface area (Å²) in [6.07, 6.45) is 5.06. The van der Waals surface area contributed by atoms with Crippen molar-refractivity contribution < 1.29 is 5.11 Å². The average Bonchev–Trinajstić information content (AvgIpc) is 2.29. The largest absolute Gasteiger partial charge is 0.389 e.